The van der Waals surface area contributed by atoms with E-state index in [-0.39, 0.29) is 5.78 Å². The van der Waals surface area contributed by atoms with Crippen molar-refractivity contribution in [2.75, 3.05) is 5.75 Å². The molecule has 0 N–H and O–H groups in total. The molecule has 0 radical (unpaired) electrons. The lowest BCUT2D eigenvalue weighted by molar-refractivity contribution is 0.102. The summed E-state index contributed by atoms with van der Waals surface area (Å²) < 4.78 is 0.796. The number of carbonyl (C=O) groups is 1. The first kappa shape index (κ1) is 14.4. The van der Waals surface area contributed by atoms with Gasteiger partial charge in [-0.1, -0.05) is 36.9 Å². The first-order chi connectivity index (χ1) is 8.68. The number of hydrogen-bond acceptors (Lipinski definition) is 2. The largest absolute Gasteiger partial charge is 0.293 e. The molecule has 0 amide bonds. The van der Waals surface area contributed by atoms with E-state index in [0.717, 1.165) is 4.47 Å². The van der Waals surface area contributed by atoms with Crippen LogP contribution in [0, 0.1) is 0 Å². The Morgan fingerprint density at radius 1 is 1.33 bits per heavy atom. The second-order valence-electron chi connectivity index (χ2n) is 4.59. The van der Waals surface area contributed by atoms with Gasteiger partial charge in [-0.15, -0.1) is 0 Å². The van der Waals surface area contributed by atoms with E-state index in [0.29, 0.717) is 21.6 Å². The quantitative estimate of drug-likeness (QED) is 0.683. The van der Waals surface area contributed by atoms with Crippen molar-refractivity contribution in [3.05, 3.63) is 33.3 Å². The first-order valence-electron chi connectivity index (χ1n) is 6.27. The van der Waals surface area contributed by atoms with Crippen molar-refractivity contribution in [3.8, 4) is 0 Å². The van der Waals surface area contributed by atoms with Crippen molar-refractivity contribution >= 4 is 45.1 Å². The average molecular weight is 348 g/mol. The number of rotatable bonds is 4. The van der Waals surface area contributed by atoms with Crippen molar-refractivity contribution in [2.24, 2.45) is 0 Å². The maximum atomic E-state index is 12.2. The molecule has 1 fully saturated rings. The maximum Gasteiger partial charge on any atom is 0.175 e. The summed E-state index contributed by atoms with van der Waals surface area (Å²) in [5.41, 5.74) is 0.627. The zero-order chi connectivity index (χ0) is 13.0. The van der Waals surface area contributed by atoms with Crippen molar-refractivity contribution in [2.45, 2.75) is 37.4 Å². The first-order valence-corrected chi connectivity index (χ1v) is 8.49. The van der Waals surface area contributed by atoms with E-state index in [4.69, 9.17) is 11.6 Å². The molecule has 0 spiro atoms. The molecule has 0 bridgehead atoms. The third kappa shape index (κ3) is 3.75. The van der Waals surface area contributed by atoms with Gasteiger partial charge in [0.15, 0.2) is 5.78 Å². The van der Waals surface area contributed by atoms with E-state index in [2.05, 4.69) is 15.9 Å². The molecule has 98 valence electrons. The maximum absolute atomic E-state index is 12.2. The van der Waals surface area contributed by atoms with E-state index >= 15 is 0 Å². The molecule has 0 aromatic heterocycles. The van der Waals surface area contributed by atoms with Crippen LogP contribution in [0.5, 0.6) is 0 Å². The molecule has 1 aromatic rings. The van der Waals surface area contributed by atoms with Crippen LogP contribution in [0.15, 0.2) is 22.7 Å². The van der Waals surface area contributed by atoms with E-state index < -0.39 is 0 Å². The Morgan fingerprint density at radius 2 is 2.06 bits per heavy atom. The Kier molecular flexibility index (Phi) is 5.58. The van der Waals surface area contributed by atoms with Crippen LogP contribution >= 0.6 is 39.3 Å². The van der Waals surface area contributed by atoms with Gasteiger partial charge in [-0.05, 0) is 40.9 Å². The summed E-state index contributed by atoms with van der Waals surface area (Å²) in [5, 5.41) is 1.20. The van der Waals surface area contributed by atoms with Crippen LogP contribution in [0.25, 0.3) is 0 Å². The molecule has 1 nitrogen and oxygen atoms in total. The molecule has 0 heterocycles. The van der Waals surface area contributed by atoms with Gasteiger partial charge in [0.1, 0.15) is 0 Å². The van der Waals surface area contributed by atoms with Crippen molar-refractivity contribution in [3.63, 3.8) is 0 Å². The smallest absolute Gasteiger partial charge is 0.175 e. The van der Waals surface area contributed by atoms with Gasteiger partial charge in [-0.3, -0.25) is 4.79 Å². The predicted octanol–water partition coefficient (Wildman–Crippen LogP) is 5.35. The normalized spacial score (nSPS) is 16.8. The van der Waals surface area contributed by atoms with Crippen LogP contribution in [0.3, 0.4) is 0 Å². The summed E-state index contributed by atoms with van der Waals surface area (Å²) in [6.45, 7) is 0. The van der Waals surface area contributed by atoms with E-state index in [1.807, 2.05) is 12.1 Å². The number of Topliss-reactive ketones (excluding diaryl/α,β-unsaturated/α-hetero) is 1. The van der Waals surface area contributed by atoms with Gasteiger partial charge in [0, 0.05) is 9.72 Å². The molecule has 18 heavy (non-hydrogen) atoms. The van der Waals surface area contributed by atoms with Crippen LogP contribution < -0.4 is 0 Å². The SMILES string of the molecule is O=C(CSC1CCCCC1)c1c(Cl)cccc1Br. The second-order valence-corrected chi connectivity index (χ2v) is 7.14. The van der Waals surface area contributed by atoms with Gasteiger partial charge in [-0.2, -0.15) is 11.8 Å². The summed E-state index contributed by atoms with van der Waals surface area (Å²) >= 11 is 11.3. The van der Waals surface area contributed by atoms with Crippen molar-refractivity contribution < 1.29 is 4.79 Å². The standard InChI is InChI=1S/C14H16BrClOS/c15-11-7-4-8-12(16)14(11)13(17)9-18-10-5-2-1-3-6-10/h4,7-8,10H,1-3,5-6,9H2. The number of thioether (sulfide) groups is 1. The molecule has 0 atom stereocenters. The third-order valence-electron chi connectivity index (χ3n) is 3.24. The number of carbonyl (C=O) groups excluding carboxylic acids is 1. The number of benzene rings is 1. The topological polar surface area (TPSA) is 17.1 Å². The lowest BCUT2D eigenvalue weighted by Gasteiger charge is -2.20. The molecular weight excluding hydrogens is 332 g/mol. The van der Waals surface area contributed by atoms with Crippen LogP contribution in [0.2, 0.25) is 5.02 Å². The lowest BCUT2D eigenvalue weighted by atomic mass is 10.0. The summed E-state index contributed by atoms with van der Waals surface area (Å²) in [5.74, 6) is 0.663. The molecule has 0 aliphatic heterocycles. The fourth-order valence-electron chi connectivity index (χ4n) is 2.26. The zero-order valence-electron chi connectivity index (χ0n) is 10.1. The van der Waals surface area contributed by atoms with E-state index in [1.54, 1.807) is 17.8 Å². The number of halogens is 2. The summed E-state index contributed by atoms with van der Waals surface area (Å²) in [6, 6.07) is 5.48. The van der Waals surface area contributed by atoms with Gasteiger partial charge in [0.2, 0.25) is 0 Å². The molecular formula is C14H16BrClOS. The Morgan fingerprint density at radius 3 is 2.72 bits per heavy atom. The average Bonchev–Trinajstić information content (AvgIpc) is 2.37. The highest BCUT2D eigenvalue weighted by Crippen LogP contribution is 2.31. The Labute approximate surface area is 126 Å². The minimum absolute atomic E-state index is 0.128. The minimum atomic E-state index is 0.128. The monoisotopic (exact) mass is 346 g/mol. The van der Waals surface area contributed by atoms with Gasteiger partial charge in [0.25, 0.3) is 0 Å². The van der Waals surface area contributed by atoms with Crippen LogP contribution in [0.1, 0.15) is 42.5 Å². The fourth-order valence-corrected chi connectivity index (χ4v) is 4.44. The molecule has 1 saturated carbocycles. The summed E-state index contributed by atoms with van der Waals surface area (Å²) in [4.78, 5) is 12.2. The van der Waals surface area contributed by atoms with Gasteiger partial charge in [0.05, 0.1) is 16.3 Å². The Hall–Kier alpha value is 0.01000. The third-order valence-corrected chi connectivity index (χ3v) is 5.59. The van der Waals surface area contributed by atoms with Crippen LogP contribution in [-0.4, -0.2) is 16.8 Å². The highest BCUT2D eigenvalue weighted by molar-refractivity contribution is 9.10. The molecule has 0 unspecified atom stereocenters. The van der Waals surface area contributed by atoms with Crippen molar-refractivity contribution in [1.29, 1.82) is 0 Å². The number of hydrogen-bond donors (Lipinski definition) is 0. The molecule has 1 aromatic carbocycles. The molecule has 1 aliphatic rings. The van der Waals surface area contributed by atoms with Gasteiger partial charge in [-0.25, -0.2) is 0 Å². The zero-order valence-corrected chi connectivity index (χ0v) is 13.3. The van der Waals surface area contributed by atoms with Crippen molar-refractivity contribution in [1.82, 2.24) is 0 Å². The number of ketones is 1. The highest BCUT2D eigenvalue weighted by atomic mass is 79.9. The molecule has 1 aliphatic carbocycles. The highest BCUT2D eigenvalue weighted by Gasteiger charge is 2.18. The van der Waals surface area contributed by atoms with Crippen LogP contribution in [0.4, 0.5) is 0 Å². The van der Waals surface area contributed by atoms with E-state index in [9.17, 15) is 4.79 Å². The van der Waals surface area contributed by atoms with Gasteiger partial charge < -0.3 is 0 Å². The predicted molar refractivity (Wildman–Crippen MR) is 82.8 cm³/mol. The summed E-state index contributed by atoms with van der Waals surface area (Å²) in [7, 11) is 0. The second kappa shape index (κ2) is 6.97. The summed E-state index contributed by atoms with van der Waals surface area (Å²) in [6.07, 6.45) is 6.47. The molecule has 0 saturated heterocycles. The van der Waals surface area contributed by atoms with E-state index in [1.165, 1.54) is 32.1 Å². The lowest BCUT2D eigenvalue weighted by Crippen LogP contribution is -2.12. The minimum Gasteiger partial charge on any atom is -0.293 e. The molecule has 2 rings (SSSR count). The molecule has 4 heteroatoms. The fraction of sp³-hybridized carbons (Fsp3) is 0.500. The Balaban J connectivity index is 1.95. The Bertz CT molecular complexity index is 410. The van der Waals surface area contributed by atoms with Gasteiger partial charge >= 0.3 is 0 Å². The van der Waals surface area contributed by atoms with Crippen LogP contribution in [-0.2, 0) is 0 Å².